The number of halogens is 7. The van der Waals surface area contributed by atoms with Gasteiger partial charge in [0.2, 0.25) is 32.8 Å². The molecule has 16 nitrogen and oxygen atoms in total. The summed E-state index contributed by atoms with van der Waals surface area (Å²) in [6, 6.07) is 6.10. The molecule has 306 valence electrons. The minimum absolute atomic E-state index is 0. The summed E-state index contributed by atoms with van der Waals surface area (Å²) in [5.74, 6) is -15.2. The first-order valence-electron chi connectivity index (χ1n) is 14.8. The van der Waals surface area contributed by atoms with Crippen molar-refractivity contribution in [3.8, 4) is 28.2 Å². The molecule has 0 fully saturated rings. The maximum Gasteiger partial charge on any atom is 1.00 e. The summed E-state index contributed by atoms with van der Waals surface area (Å²) >= 11 is 7.39. The molecule has 0 saturated carbocycles. The van der Waals surface area contributed by atoms with Crippen molar-refractivity contribution in [3.05, 3.63) is 88.3 Å². The van der Waals surface area contributed by atoms with E-state index in [1.54, 1.807) is 0 Å². The van der Waals surface area contributed by atoms with Crippen molar-refractivity contribution >= 4 is 119 Å². The van der Waals surface area contributed by atoms with Crippen molar-refractivity contribution in [2.45, 2.75) is 16.2 Å². The summed E-state index contributed by atoms with van der Waals surface area (Å²) < 4.78 is 166. The Morgan fingerprint density at radius 2 is 1.48 bits per heavy atom. The van der Waals surface area contributed by atoms with Crippen molar-refractivity contribution in [1.29, 1.82) is 0 Å². The minimum Gasteiger partial charge on any atom is 1.00 e. The molecule has 0 atom stereocenters. The zero-order valence-corrected chi connectivity index (χ0v) is 40.9. The number of fused-ring (bicyclic) bond motifs is 2. The molecule has 2 aliphatic rings. The summed E-state index contributed by atoms with van der Waals surface area (Å²) in [5, 5.41) is 14.8. The molecule has 5 rings (SSSR count). The van der Waals surface area contributed by atoms with Crippen LogP contribution in [0, 0.1) is 23.3 Å². The van der Waals surface area contributed by atoms with Crippen LogP contribution >= 0.6 is 59.9 Å². The Hall–Kier alpha value is -1.69. The summed E-state index contributed by atoms with van der Waals surface area (Å²) in [6.45, 7) is -0.656. The quantitative estimate of drug-likeness (QED) is 0.0135. The van der Waals surface area contributed by atoms with Gasteiger partial charge in [0.1, 0.15) is 15.0 Å². The van der Waals surface area contributed by atoms with Gasteiger partial charge in [-0.15, -0.1) is 0 Å². The standard InChI is InChI=1S/C30H21F4N3O13S3.3HI.Na.V/c31-17-11-18(32)23(34)26(22(17)33)50-30(40)12-2-3-13(29(38)39)16(10-12)21-14-4-6-19(35)27(52(44,45)37-8-1-9-51(41,42)43)24(14)49-25-15(21)5-7-20(36)28(25)53(46,47)48;;;;;/h2-7,10-11,36-37H,1,8-9,35H2,(H,38,39)(H,41,42,43)(H,46,47,48);3*1H;;/q;;;;+1;+3/p-4. The van der Waals surface area contributed by atoms with Crippen LogP contribution in [-0.2, 0) is 35.2 Å². The predicted octanol–water partition coefficient (Wildman–Crippen LogP) is 0.697. The first kappa shape index (κ1) is 50.7. The van der Waals surface area contributed by atoms with Crippen LogP contribution in [0.4, 0.5) is 23.2 Å². The molecule has 28 heteroatoms. The van der Waals surface area contributed by atoms with Crippen LogP contribution in [0.1, 0.15) is 27.1 Å². The number of carboxylic acid groups (broad SMARTS) is 1. The van der Waals surface area contributed by atoms with E-state index in [2.05, 4.69) is 64.7 Å². The first-order chi connectivity index (χ1) is 26.3. The number of nitrogen functional groups attached to an aromatic ring is 1. The summed E-state index contributed by atoms with van der Waals surface area (Å²) in [4.78, 5) is 23.1. The number of hydrogen-bond donors (Lipinski definition) is 4. The topological polar surface area (TPSA) is 289 Å². The van der Waals surface area contributed by atoms with Crippen molar-refractivity contribution in [1.82, 2.24) is 4.72 Å². The molecule has 0 aromatic heterocycles. The predicted molar refractivity (Wildman–Crippen MR) is 210 cm³/mol. The van der Waals surface area contributed by atoms with Crippen LogP contribution < -0.4 is 55.5 Å². The van der Waals surface area contributed by atoms with Gasteiger partial charge in [0.15, 0.2) is 27.9 Å². The maximum absolute atomic E-state index is 14.3. The molecular weight excluding hydrogens is 1240 g/mol. The Kier molecular flexibility index (Phi) is 17.5. The molecule has 0 bridgehead atoms. The van der Waals surface area contributed by atoms with E-state index in [1.165, 1.54) is 0 Å². The van der Waals surface area contributed by atoms with Crippen LogP contribution in [0.2, 0.25) is 0 Å². The number of carbonyl (C=O) groups excluding carboxylic acids is 1. The van der Waals surface area contributed by atoms with Gasteiger partial charge in [-0.25, -0.2) is 48.3 Å². The number of nitrogens with two attached hydrogens (primary N) is 2. The third-order valence-corrected chi connectivity index (χ3v) is 10.7. The Bertz CT molecular complexity index is 2810. The van der Waals surface area contributed by atoms with E-state index in [-0.39, 0.29) is 45.9 Å². The average molecular weight is 1260 g/mol. The number of aromatic carboxylic acids is 1. The number of esters is 1. The number of ether oxygens (including phenoxy) is 1. The van der Waals surface area contributed by atoms with Crippen LogP contribution in [0.3, 0.4) is 0 Å². The zero-order chi connectivity index (χ0) is 42.9. The third-order valence-electron chi connectivity index (χ3n) is 7.43. The van der Waals surface area contributed by atoms with Gasteiger partial charge < -0.3 is 29.1 Å². The van der Waals surface area contributed by atoms with E-state index in [4.69, 9.17) is 15.6 Å². The van der Waals surface area contributed by atoms with Crippen LogP contribution in [0.25, 0.3) is 33.4 Å². The Morgan fingerprint density at radius 3 is 2.02 bits per heavy atom. The summed E-state index contributed by atoms with van der Waals surface area (Å²) in [5.41, 5.74) is 1.66. The van der Waals surface area contributed by atoms with Gasteiger partial charge in [0.05, 0.1) is 26.9 Å². The number of carbonyl (C=O) groups is 2. The smallest absolute Gasteiger partial charge is 1.00 e. The molecule has 1 heterocycles. The Morgan fingerprint density at radius 1 is 0.897 bits per heavy atom. The monoisotopic (exact) mass is 1260 g/mol. The third kappa shape index (κ3) is 11.8. The zero-order valence-electron chi connectivity index (χ0n) is 28.6. The van der Waals surface area contributed by atoms with Gasteiger partial charge in [0.25, 0.3) is 0 Å². The van der Waals surface area contributed by atoms with Crippen molar-refractivity contribution in [3.63, 3.8) is 0 Å². The molecular formula is C30H20F4I3N3NaO13S3V. The van der Waals surface area contributed by atoms with Crippen molar-refractivity contribution in [2.75, 3.05) is 18.0 Å². The fourth-order valence-electron chi connectivity index (χ4n) is 5.21. The fraction of sp³-hybridized carbons (Fsp3) is 0.100. The van der Waals surface area contributed by atoms with Gasteiger partial charge in [-0.2, -0.15) is 8.78 Å². The van der Waals surface area contributed by atoms with Gasteiger partial charge in [-0.3, -0.25) is 5.41 Å². The van der Waals surface area contributed by atoms with E-state index in [9.17, 15) is 66.6 Å². The fourth-order valence-corrected chi connectivity index (χ4v) is 7.77. The van der Waals surface area contributed by atoms with Gasteiger partial charge in [-0.05, 0) is 48.4 Å². The second kappa shape index (κ2) is 20.0. The van der Waals surface area contributed by atoms with Crippen molar-refractivity contribution < 1.29 is 116 Å². The van der Waals surface area contributed by atoms with Gasteiger partial charge in [-0.1, -0.05) is 0 Å². The molecule has 0 spiro atoms. The number of sulfonamides is 1. The Balaban J connectivity index is 0.00000172. The SMILES string of the molecule is Nc1ccc2c(-c3cc(C(=O)Oc4c(F)c(F)cc(F)c4F)ccc3C(=O)O)c3ccc(=[NH2+])c(S(=O)(=O)[O-])c-3oc2c1S(=O)(=O)NCCCS(=O)(=O)[O-].[I][V]([I])[I].[Na+]. The normalized spacial score (nSPS) is 11.9. The number of hydrogen-bond acceptors (Lipinski definition) is 13. The van der Waals surface area contributed by atoms with Gasteiger partial charge >= 0.3 is 106 Å². The first-order valence-corrected chi connectivity index (χ1v) is 32.8. The molecule has 1 aliphatic heterocycles. The Labute approximate surface area is 385 Å². The van der Waals surface area contributed by atoms with Crippen LogP contribution in [0.15, 0.2) is 62.7 Å². The van der Waals surface area contributed by atoms with E-state index < -0.39 is 150 Å². The average Bonchev–Trinajstić information content (AvgIpc) is 3.08. The summed E-state index contributed by atoms with van der Waals surface area (Å²) in [6.07, 6.45) is -0.517. The van der Waals surface area contributed by atoms with Crippen LogP contribution in [-0.4, -0.2) is 63.7 Å². The molecule has 0 radical (unpaired) electrons. The van der Waals surface area contributed by atoms with E-state index in [0.29, 0.717) is 0 Å². The number of carboxylic acids is 1. The summed E-state index contributed by atoms with van der Waals surface area (Å²) in [7, 11) is -15.3. The molecule has 1 aliphatic carbocycles. The van der Waals surface area contributed by atoms with E-state index >= 15 is 0 Å². The molecule has 0 unspecified atom stereocenters. The second-order valence-electron chi connectivity index (χ2n) is 11.1. The molecule has 6 N–H and O–H groups in total. The molecule has 3 aromatic rings. The molecule has 0 saturated heterocycles. The molecule has 58 heavy (non-hydrogen) atoms. The van der Waals surface area contributed by atoms with E-state index in [1.807, 2.05) is 4.72 Å². The number of benzene rings is 4. The van der Waals surface area contributed by atoms with Gasteiger partial charge in [0, 0.05) is 40.9 Å². The van der Waals surface area contributed by atoms with E-state index in [0.717, 1.165) is 42.5 Å². The molecule has 3 aromatic carbocycles. The van der Waals surface area contributed by atoms with Crippen molar-refractivity contribution in [2.24, 2.45) is 0 Å². The van der Waals surface area contributed by atoms with Crippen LogP contribution in [0.5, 0.6) is 5.75 Å². The molecule has 0 amide bonds. The largest absolute Gasteiger partial charge is 1.00 e. The maximum atomic E-state index is 14.3. The number of nitrogens with one attached hydrogen (secondary N) is 1. The number of anilines is 1. The number of rotatable bonds is 11. The second-order valence-corrected chi connectivity index (χ2v) is 51.0. The minimum atomic E-state index is -5.59.